The lowest BCUT2D eigenvalue weighted by Crippen LogP contribution is -2.17. The molecule has 11 heteroatoms. The fourth-order valence-electron chi connectivity index (χ4n) is 3.93. The number of benzene rings is 2. The summed E-state index contributed by atoms with van der Waals surface area (Å²) in [6, 6.07) is 16.8. The van der Waals surface area contributed by atoms with Crippen LogP contribution in [0.15, 0.2) is 60.8 Å². The summed E-state index contributed by atoms with van der Waals surface area (Å²) in [6.07, 6.45) is 2.34. The monoisotopic (exact) mass is 518 g/mol. The molecular formula is C25H23N6O3PS. The SMILES string of the molecule is COP(=O)(Nc1nc(-c2ccc(-c3cc4nccc(N)n4n3)cc2)sc1C=O)c1ccc(C)cc1C. The number of anilines is 2. The summed E-state index contributed by atoms with van der Waals surface area (Å²) in [6.45, 7) is 3.84. The normalized spacial score (nSPS) is 13.0. The molecule has 3 aromatic heterocycles. The number of carbonyl (C=O) groups excluding carboxylic acids is 1. The highest BCUT2D eigenvalue weighted by molar-refractivity contribution is 7.68. The number of fused-ring (bicyclic) bond motifs is 1. The lowest BCUT2D eigenvalue weighted by atomic mass is 10.1. The van der Waals surface area contributed by atoms with Crippen molar-refractivity contribution in [2.75, 3.05) is 17.9 Å². The average molecular weight is 519 g/mol. The second-order valence-corrected chi connectivity index (χ2v) is 11.4. The molecule has 5 aromatic rings. The number of nitrogens with two attached hydrogens (primary N) is 1. The zero-order chi connectivity index (χ0) is 25.4. The Kier molecular flexibility index (Phi) is 6.17. The Bertz CT molecular complexity index is 1640. The molecule has 0 radical (unpaired) electrons. The van der Waals surface area contributed by atoms with Crippen LogP contribution in [-0.4, -0.2) is 33.0 Å². The van der Waals surface area contributed by atoms with Crippen molar-refractivity contribution in [1.29, 1.82) is 0 Å². The third-order valence-electron chi connectivity index (χ3n) is 5.75. The highest BCUT2D eigenvalue weighted by atomic mass is 32.1. The summed E-state index contributed by atoms with van der Waals surface area (Å²) in [5.41, 5.74) is 10.9. The number of aromatic nitrogens is 4. The van der Waals surface area contributed by atoms with Gasteiger partial charge in [0.2, 0.25) is 0 Å². The van der Waals surface area contributed by atoms with Crippen LogP contribution in [0, 0.1) is 13.8 Å². The van der Waals surface area contributed by atoms with E-state index in [-0.39, 0.29) is 5.82 Å². The lowest BCUT2D eigenvalue weighted by Gasteiger charge is -2.19. The van der Waals surface area contributed by atoms with Gasteiger partial charge in [-0.2, -0.15) is 9.61 Å². The van der Waals surface area contributed by atoms with Crippen molar-refractivity contribution in [2.24, 2.45) is 0 Å². The summed E-state index contributed by atoms with van der Waals surface area (Å²) >= 11 is 1.21. The standard InChI is InChI=1S/C25H23N6O3PS/c1-15-4-9-20(16(2)12-15)35(33,34-3)30-24-21(14-32)36-25(28-24)18-7-5-17(6-8-18)19-13-23-27-11-10-22(26)31(23)29-19/h4-14H,26H2,1-3H3,(H,30,33). The minimum atomic E-state index is -3.51. The van der Waals surface area contributed by atoms with Crippen molar-refractivity contribution in [3.63, 3.8) is 0 Å². The first-order valence-corrected chi connectivity index (χ1v) is 13.4. The number of carbonyl (C=O) groups is 1. The van der Waals surface area contributed by atoms with Crippen LogP contribution >= 0.6 is 18.9 Å². The Morgan fingerprint density at radius 2 is 1.83 bits per heavy atom. The molecule has 3 N–H and O–H groups in total. The Morgan fingerprint density at radius 1 is 1.08 bits per heavy atom. The Balaban J connectivity index is 1.45. The van der Waals surface area contributed by atoms with Crippen molar-refractivity contribution in [3.05, 3.63) is 76.8 Å². The molecule has 0 aliphatic heterocycles. The molecule has 0 saturated carbocycles. The molecule has 0 spiro atoms. The molecule has 1 atom stereocenters. The predicted octanol–water partition coefficient (Wildman–Crippen LogP) is 5.11. The highest BCUT2D eigenvalue weighted by Crippen LogP contribution is 2.47. The van der Waals surface area contributed by atoms with Gasteiger partial charge >= 0.3 is 7.52 Å². The number of thiazole rings is 1. The predicted molar refractivity (Wildman–Crippen MR) is 143 cm³/mol. The van der Waals surface area contributed by atoms with Crippen molar-refractivity contribution in [1.82, 2.24) is 19.6 Å². The van der Waals surface area contributed by atoms with E-state index in [1.165, 1.54) is 18.4 Å². The number of nitrogens with zero attached hydrogens (tertiary/aromatic N) is 4. The first kappa shape index (κ1) is 23.9. The third kappa shape index (κ3) is 4.30. The Labute approximate surface area is 211 Å². The van der Waals surface area contributed by atoms with Gasteiger partial charge in [-0.3, -0.25) is 14.4 Å². The molecule has 9 nitrogen and oxygen atoms in total. The second-order valence-electron chi connectivity index (χ2n) is 8.23. The van der Waals surface area contributed by atoms with Crippen LogP contribution in [0.25, 0.3) is 27.5 Å². The minimum Gasteiger partial charge on any atom is -0.384 e. The van der Waals surface area contributed by atoms with E-state index in [0.29, 0.717) is 32.9 Å². The molecule has 3 heterocycles. The van der Waals surface area contributed by atoms with Gasteiger partial charge in [-0.05, 0) is 31.5 Å². The average Bonchev–Trinajstić information content (AvgIpc) is 3.49. The molecule has 1 unspecified atom stereocenters. The number of hydrogen-bond acceptors (Lipinski definition) is 8. The largest absolute Gasteiger partial charge is 0.384 e. The maximum Gasteiger partial charge on any atom is 0.325 e. The maximum absolute atomic E-state index is 13.7. The molecule has 0 saturated heterocycles. The maximum atomic E-state index is 13.7. The topological polar surface area (TPSA) is 124 Å². The van der Waals surface area contributed by atoms with Crippen molar-refractivity contribution >= 4 is 47.7 Å². The van der Waals surface area contributed by atoms with E-state index in [1.807, 2.05) is 56.3 Å². The van der Waals surface area contributed by atoms with Gasteiger partial charge in [-0.1, -0.05) is 42.0 Å². The van der Waals surface area contributed by atoms with Crippen LogP contribution in [0.5, 0.6) is 0 Å². The van der Waals surface area contributed by atoms with E-state index < -0.39 is 7.52 Å². The first-order valence-electron chi connectivity index (χ1n) is 11.0. The zero-order valence-corrected chi connectivity index (χ0v) is 21.5. The fourth-order valence-corrected chi connectivity index (χ4v) is 6.51. The molecule has 182 valence electrons. The molecular weight excluding hydrogens is 495 g/mol. The summed E-state index contributed by atoms with van der Waals surface area (Å²) < 4.78 is 20.7. The molecule has 0 bridgehead atoms. The van der Waals surface area contributed by atoms with Crippen molar-refractivity contribution < 1.29 is 13.9 Å². The van der Waals surface area contributed by atoms with Crippen LogP contribution in [0.4, 0.5) is 11.6 Å². The molecule has 0 aliphatic rings. The second kappa shape index (κ2) is 9.31. The fraction of sp³-hybridized carbons (Fsp3) is 0.120. The molecule has 0 aliphatic carbocycles. The summed E-state index contributed by atoms with van der Waals surface area (Å²) in [5, 5.41) is 8.58. The van der Waals surface area contributed by atoms with Crippen LogP contribution < -0.4 is 16.1 Å². The van der Waals surface area contributed by atoms with E-state index in [9.17, 15) is 9.36 Å². The van der Waals surface area contributed by atoms with Crippen LogP contribution in [-0.2, 0) is 9.09 Å². The van der Waals surface area contributed by atoms with E-state index in [0.717, 1.165) is 27.9 Å². The van der Waals surface area contributed by atoms with Crippen LogP contribution in [0.2, 0.25) is 0 Å². The van der Waals surface area contributed by atoms with E-state index >= 15 is 0 Å². The lowest BCUT2D eigenvalue weighted by molar-refractivity contribution is 0.112. The van der Waals surface area contributed by atoms with E-state index in [2.05, 4.69) is 20.2 Å². The molecule has 36 heavy (non-hydrogen) atoms. The van der Waals surface area contributed by atoms with Crippen LogP contribution in [0.3, 0.4) is 0 Å². The van der Waals surface area contributed by atoms with Gasteiger partial charge in [-0.15, -0.1) is 11.3 Å². The Hall–Kier alpha value is -3.85. The summed E-state index contributed by atoms with van der Waals surface area (Å²) in [5.74, 6) is 0.724. The minimum absolute atomic E-state index is 0.223. The Morgan fingerprint density at radius 3 is 2.50 bits per heavy atom. The molecule has 0 fully saturated rings. The van der Waals surface area contributed by atoms with Gasteiger partial charge in [0.15, 0.2) is 17.8 Å². The smallest absolute Gasteiger partial charge is 0.325 e. The summed E-state index contributed by atoms with van der Waals surface area (Å²) in [4.78, 5) is 21.0. The first-order chi connectivity index (χ1) is 17.3. The number of hydrogen-bond donors (Lipinski definition) is 2. The highest BCUT2D eigenvalue weighted by Gasteiger charge is 2.29. The van der Waals surface area contributed by atoms with Crippen molar-refractivity contribution in [3.8, 4) is 21.8 Å². The van der Waals surface area contributed by atoms with Crippen molar-refractivity contribution in [2.45, 2.75) is 13.8 Å². The van der Waals surface area contributed by atoms with Crippen LogP contribution in [0.1, 0.15) is 20.8 Å². The third-order valence-corrected chi connectivity index (χ3v) is 8.94. The number of aldehydes is 1. The van der Waals surface area contributed by atoms with Gasteiger partial charge in [0, 0.05) is 30.5 Å². The number of rotatable bonds is 7. The van der Waals surface area contributed by atoms with Gasteiger partial charge in [-0.25, -0.2) is 9.97 Å². The van der Waals surface area contributed by atoms with Gasteiger partial charge in [0.25, 0.3) is 0 Å². The number of nitrogens with one attached hydrogen (secondary N) is 1. The van der Waals surface area contributed by atoms with Gasteiger partial charge in [0.1, 0.15) is 15.7 Å². The quantitative estimate of drug-likeness (QED) is 0.225. The van der Waals surface area contributed by atoms with Gasteiger partial charge in [0.05, 0.1) is 11.0 Å². The van der Waals surface area contributed by atoms with E-state index in [4.69, 9.17) is 10.3 Å². The molecule has 5 rings (SSSR count). The van der Waals surface area contributed by atoms with E-state index in [1.54, 1.807) is 22.8 Å². The number of aryl methyl sites for hydroxylation is 2. The summed E-state index contributed by atoms with van der Waals surface area (Å²) in [7, 11) is -2.13. The molecule has 0 amide bonds. The number of nitrogen functional groups attached to an aromatic ring is 1. The zero-order valence-electron chi connectivity index (χ0n) is 19.8. The molecule has 2 aromatic carbocycles. The van der Waals surface area contributed by atoms with Gasteiger partial charge < -0.3 is 10.3 Å².